The molecule has 20 heteroatoms. The first-order valence-electron chi connectivity index (χ1n) is 12.9. The number of carboxylic acid groups (broad SMARTS) is 1. The highest BCUT2D eigenvalue weighted by molar-refractivity contribution is 6.69. The summed E-state index contributed by atoms with van der Waals surface area (Å²) < 4.78 is 128. The van der Waals surface area contributed by atoms with Gasteiger partial charge < -0.3 is 33.5 Å². The molecule has 0 aliphatic rings. The van der Waals surface area contributed by atoms with Crippen molar-refractivity contribution >= 4 is 46.0 Å². The van der Waals surface area contributed by atoms with E-state index in [4.69, 9.17) is 58.9 Å². The lowest BCUT2D eigenvalue weighted by Crippen LogP contribution is -2.17. The average Bonchev–Trinajstić information content (AvgIpc) is 3.00. The summed E-state index contributed by atoms with van der Waals surface area (Å²) in [7, 11) is 2.35. The molecule has 0 atom stereocenters. The van der Waals surface area contributed by atoms with E-state index < -0.39 is 68.2 Å². The number of alkyl halides is 6. The number of aromatic carboxylic acids is 1. The maximum absolute atomic E-state index is 13.5. The Labute approximate surface area is 290 Å². The van der Waals surface area contributed by atoms with Crippen LogP contribution in [0, 0.1) is 11.6 Å². The number of methoxy groups -OCH3 is 2. The van der Waals surface area contributed by atoms with Crippen LogP contribution < -0.4 is 28.4 Å². The fourth-order valence-corrected chi connectivity index (χ4v) is 4.43. The second-order valence-corrected chi connectivity index (χ2v) is 10.1. The second-order valence-electron chi connectivity index (χ2n) is 8.97. The van der Waals surface area contributed by atoms with Crippen LogP contribution in [0.25, 0.3) is 0 Å². The van der Waals surface area contributed by atoms with Gasteiger partial charge in [-0.25, -0.2) is 13.6 Å². The quantitative estimate of drug-likeness (QED) is 0.124. The molecule has 0 saturated heterocycles. The first kappa shape index (κ1) is 39.6. The molecule has 4 aromatic rings. The zero-order chi connectivity index (χ0) is 37.6. The third-order valence-electron chi connectivity index (χ3n) is 5.70. The highest BCUT2D eigenvalue weighted by Gasteiger charge is 2.32. The van der Waals surface area contributed by atoms with Gasteiger partial charge in [-0.3, -0.25) is 4.79 Å². The Bertz CT molecular complexity index is 1750. The zero-order valence-electron chi connectivity index (χ0n) is 24.6. The Morgan fingerprint density at radius 1 is 0.600 bits per heavy atom. The van der Waals surface area contributed by atoms with Crippen molar-refractivity contribution in [2.75, 3.05) is 14.2 Å². The summed E-state index contributed by atoms with van der Waals surface area (Å²) in [4.78, 5) is 22.7. The number of carboxylic acids is 1. The molecule has 0 fully saturated rings. The molecule has 0 aliphatic carbocycles. The van der Waals surface area contributed by atoms with Gasteiger partial charge in [0.1, 0.15) is 40.2 Å². The van der Waals surface area contributed by atoms with Crippen LogP contribution in [-0.4, -0.2) is 43.3 Å². The van der Waals surface area contributed by atoms with E-state index in [-0.39, 0.29) is 34.5 Å². The number of hydrogen-bond donors (Lipinski definition) is 1. The molecular weight excluding hydrogens is 763 g/mol. The summed E-state index contributed by atoms with van der Waals surface area (Å²) in [6.07, 6.45) is -9.77. The van der Waals surface area contributed by atoms with Crippen molar-refractivity contribution in [2.45, 2.75) is 12.7 Å². The number of benzene rings is 4. The van der Waals surface area contributed by atoms with Gasteiger partial charge in [0.25, 0.3) is 5.24 Å². The van der Waals surface area contributed by atoms with Crippen LogP contribution in [-0.2, 0) is 0 Å². The van der Waals surface area contributed by atoms with E-state index in [1.165, 1.54) is 7.11 Å². The van der Waals surface area contributed by atoms with Gasteiger partial charge in [-0.05, 0) is 60.1 Å². The lowest BCUT2D eigenvalue weighted by Gasteiger charge is -2.15. The Hall–Kier alpha value is -4.87. The highest BCUT2D eigenvalue weighted by atomic mass is 35.5. The second kappa shape index (κ2) is 16.2. The zero-order valence-corrected chi connectivity index (χ0v) is 26.9. The minimum Gasteiger partial charge on any atom is -0.493 e. The molecule has 4 rings (SSSR count). The maximum atomic E-state index is 13.5. The topological polar surface area (TPSA) is 110 Å². The number of rotatable bonds is 10. The van der Waals surface area contributed by atoms with E-state index in [0.29, 0.717) is 0 Å². The monoisotopic (exact) mass is 778 g/mol. The van der Waals surface area contributed by atoms with Crippen LogP contribution in [0.1, 0.15) is 20.7 Å². The van der Waals surface area contributed by atoms with Gasteiger partial charge in [0.2, 0.25) is 0 Å². The van der Waals surface area contributed by atoms with E-state index in [1.807, 2.05) is 0 Å². The van der Waals surface area contributed by atoms with Crippen LogP contribution in [0.4, 0.5) is 35.1 Å². The van der Waals surface area contributed by atoms with E-state index in [9.17, 15) is 44.7 Å². The summed E-state index contributed by atoms with van der Waals surface area (Å²) >= 11 is 16.7. The molecule has 0 heterocycles. The normalized spacial score (nSPS) is 11.1. The minimum atomic E-state index is -4.89. The molecule has 4 aromatic carbocycles. The van der Waals surface area contributed by atoms with E-state index in [0.717, 1.165) is 67.8 Å². The van der Waals surface area contributed by atoms with Crippen molar-refractivity contribution in [1.29, 1.82) is 0 Å². The van der Waals surface area contributed by atoms with Gasteiger partial charge in [-0.2, -0.15) is 0 Å². The molecule has 9 nitrogen and oxygen atoms in total. The summed E-state index contributed by atoms with van der Waals surface area (Å²) in [5, 5.41) is 6.85. The molecule has 0 spiro atoms. The largest absolute Gasteiger partial charge is 0.573 e. The predicted octanol–water partition coefficient (Wildman–Crippen LogP) is 10.4. The smallest absolute Gasteiger partial charge is 0.493 e. The Morgan fingerprint density at radius 3 is 1.30 bits per heavy atom. The molecule has 0 aromatic heterocycles. The van der Waals surface area contributed by atoms with Crippen LogP contribution in [0.15, 0.2) is 60.7 Å². The number of carbonyl (C=O) groups excluding carboxylic acids is 1. The highest BCUT2D eigenvalue weighted by Crippen LogP contribution is 2.41. The van der Waals surface area contributed by atoms with E-state index in [1.54, 1.807) is 0 Å². The van der Waals surface area contributed by atoms with Crippen molar-refractivity contribution in [2.24, 2.45) is 0 Å². The van der Waals surface area contributed by atoms with E-state index >= 15 is 0 Å². The van der Waals surface area contributed by atoms with Crippen molar-refractivity contribution in [3.05, 3.63) is 93.5 Å². The van der Waals surface area contributed by atoms with Gasteiger partial charge in [0.05, 0.1) is 29.8 Å². The Balaban J connectivity index is 0.000000270. The Kier molecular flexibility index (Phi) is 12.8. The summed E-state index contributed by atoms with van der Waals surface area (Å²) in [5.74, 6) is -5.51. The number of carbonyl (C=O) groups is 2. The summed E-state index contributed by atoms with van der Waals surface area (Å²) in [6.45, 7) is 0. The van der Waals surface area contributed by atoms with Gasteiger partial charge in [0.15, 0.2) is 23.0 Å². The lowest BCUT2D eigenvalue weighted by molar-refractivity contribution is -0.275. The standard InChI is InChI=1S/C15H8Cl2F4O4.C15H9ClF4O5/c1-23-11-6-7(25-15(19,20)21)2-4-9(11)24-10-5-3-8(18)13(16)12(10)14(17)22;1-23-11-6-7(25-15(18,19)20)2-4-9(11)24-10-5-3-8(17)13(16)12(10)14(21)22/h2-6H,1H3;2-6H,1H3,(H,21,22). The molecule has 50 heavy (non-hydrogen) atoms. The van der Waals surface area contributed by atoms with Crippen molar-refractivity contribution < 1.29 is 78.2 Å². The minimum absolute atomic E-state index is 0.0705. The third kappa shape index (κ3) is 10.6. The van der Waals surface area contributed by atoms with Crippen molar-refractivity contribution in [3.63, 3.8) is 0 Å². The number of hydrogen-bond acceptors (Lipinski definition) is 8. The van der Waals surface area contributed by atoms with Crippen LogP contribution >= 0.6 is 34.8 Å². The molecular formula is C30H17Cl3F8O9. The lowest BCUT2D eigenvalue weighted by atomic mass is 10.2. The fraction of sp³-hybridized carbons (Fsp3) is 0.133. The molecule has 0 aliphatic heterocycles. The first-order valence-corrected chi connectivity index (χ1v) is 14.0. The van der Waals surface area contributed by atoms with Crippen LogP contribution in [0.3, 0.4) is 0 Å². The van der Waals surface area contributed by atoms with Gasteiger partial charge in [-0.15, -0.1) is 26.3 Å². The first-order chi connectivity index (χ1) is 23.2. The van der Waals surface area contributed by atoms with Gasteiger partial charge >= 0.3 is 18.7 Å². The Morgan fingerprint density at radius 2 is 0.960 bits per heavy atom. The number of ether oxygens (including phenoxy) is 6. The molecule has 0 amide bonds. The summed E-state index contributed by atoms with van der Waals surface area (Å²) in [6, 6.07) is 9.86. The van der Waals surface area contributed by atoms with Crippen molar-refractivity contribution in [3.8, 4) is 46.0 Å². The third-order valence-corrected chi connectivity index (χ3v) is 6.63. The number of halogens is 11. The molecule has 0 radical (unpaired) electrons. The molecule has 0 bridgehead atoms. The molecule has 0 unspecified atom stereocenters. The predicted molar refractivity (Wildman–Crippen MR) is 159 cm³/mol. The van der Waals surface area contributed by atoms with Crippen LogP contribution in [0.5, 0.6) is 46.0 Å². The average molecular weight is 780 g/mol. The van der Waals surface area contributed by atoms with Gasteiger partial charge in [0, 0.05) is 12.1 Å². The SMILES string of the molecule is COc1cc(OC(F)(F)F)ccc1Oc1ccc(F)c(Cl)c1C(=O)Cl.COc1cc(OC(F)(F)F)ccc1Oc1ccc(F)c(Cl)c1C(=O)O. The molecule has 0 saturated carbocycles. The van der Waals surface area contributed by atoms with Crippen molar-refractivity contribution in [1.82, 2.24) is 0 Å². The van der Waals surface area contributed by atoms with Gasteiger partial charge in [-0.1, -0.05) is 23.2 Å². The molecule has 1 N–H and O–H groups in total. The fourth-order valence-electron chi connectivity index (χ4n) is 3.71. The van der Waals surface area contributed by atoms with Crippen LogP contribution in [0.2, 0.25) is 10.0 Å². The maximum Gasteiger partial charge on any atom is 0.573 e. The molecule has 268 valence electrons. The van der Waals surface area contributed by atoms with E-state index in [2.05, 4.69) is 9.47 Å². The summed E-state index contributed by atoms with van der Waals surface area (Å²) in [5.41, 5.74) is -1.07.